The predicted octanol–water partition coefficient (Wildman–Crippen LogP) is 6.05. The molecule has 28 heavy (non-hydrogen) atoms. The lowest BCUT2D eigenvalue weighted by molar-refractivity contribution is 0.582. The van der Waals surface area contributed by atoms with E-state index in [1.807, 2.05) is 63.2 Å². The standard InChI is InChI=1S/C22H21ClFNO2S/c1-15-7-9-18(10-8-15)17(3)25(19-6-4-5-16(2)13-19)28(26,27)20-11-12-22(24)21(23)14-20/h4-14,17H,1-3H3. The van der Waals surface area contributed by atoms with Gasteiger partial charge in [-0.05, 0) is 62.2 Å². The summed E-state index contributed by atoms with van der Waals surface area (Å²) < 4.78 is 42.0. The van der Waals surface area contributed by atoms with E-state index in [4.69, 9.17) is 11.6 Å². The molecule has 0 heterocycles. The van der Waals surface area contributed by atoms with E-state index in [2.05, 4.69) is 0 Å². The summed E-state index contributed by atoms with van der Waals surface area (Å²) >= 11 is 5.85. The highest BCUT2D eigenvalue weighted by Gasteiger charge is 2.31. The number of halogens is 2. The Balaban J connectivity index is 2.17. The molecule has 0 aliphatic heterocycles. The zero-order valence-electron chi connectivity index (χ0n) is 15.9. The van der Waals surface area contributed by atoms with Crippen molar-refractivity contribution in [1.29, 1.82) is 0 Å². The molecule has 0 amide bonds. The van der Waals surface area contributed by atoms with Gasteiger partial charge in [-0.15, -0.1) is 0 Å². The van der Waals surface area contributed by atoms with E-state index < -0.39 is 21.9 Å². The van der Waals surface area contributed by atoms with E-state index >= 15 is 0 Å². The van der Waals surface area contributed by atoms with Crippen LogP contribution in [0.1, 0.15) is 29.7 Å². The van der Waals surface area contributed by atoms with E-state index in [0.717, 1.165) is 28.8 Å². The Morgan fingerprint density at radius 2 is 1.61 bits per heavy atom. The molecule has 0 fully saturated rings. The first-order valence-electron chi connectivity index (χ1n) is 8.83. The summed E-state index contributed by atoms with van der Waals surface area (Å²) in [4.78, 5) is -0.0561. The molecule has 6 heteroatoms. The molecule has 3 aromatic rings. The van der Waals surface area contributed by atoms with Crippen molar-refractivity contribution in [1.82, 2.24) is 0 Å². The molecule has 0 aliphatic rings. The minimum absolute atomic E-state index is 0.0561. The van der Waals surface area contributed by atoms with Gasteiger partial charge in [-0.2, -0.15) is 0 Å². The number of benzene rings is 3. The van der Waals surface area contributed by atoms with Crippen LogP contribution in [-0.4, -0.2) is 8.42 Å². The van der Waals surface area contributed by atoms with Gasteiger partial charge < -0.3 is 0 Å². The molecule has 3 rings (SSSR count). The second-order valence-electron chi connectivity index (χ2n) is 6.80. The number of anilines is 1. The van der Waals surface area contributed by atoms with Crippen LogP contribution in [0.15, 0.2) is 71.6 Å². The Labute approximate surface area is 170 Å². The zero-order chi connectivity index (χ0) is 20.5. The van der Waals surface area contributed by atoms with Crippen molar-refractivity contribution >= 4 is 27.3 Å². The lowest BCUT2D eigenvalue weighted by Gasteiger charge is -2.31. The fourth-order valence-corrected chi connectivity index (χ4v) is 4.98. The minimum Gasteiger partial charge on any atom is -0.259 e. The summed E-state index contributed by atoms with van der Waals surface area (Å²) in [5.74, 6) is -0.658. The van der Waals surface area contributed by atoms with Gasteiger partial charge in [-0.25, -0.2) is 12.8 Å². The summed E-state index contributed by atoms with van der Waals surface area (Å²) in [6, 6.07) is 18.0. The van der Waals surface area contributed by atoms with Crippen molar-refractivity contribution in [3.05, 3.63) is 94.3 Å². The lowest BCUT2D eigenvalue weighted by Crippen LogP contribution is -2.33. The highest BCUT2D eigenvalue weighted by atomic mass is 35.5. The number of sulfonamides is 1. The molecule has 0 spiro atoms. The fraction of sp³-hybridized carbons (Fsp3) is 0.182. The Morgan fingerprint density at radius 1 is 0.929 bits per heavy atom. The topological polar surface area (TPSA) is 37.4 Å². The molecule has 1 unspecified atom stereocenters. The number of hydrogen-bond acceptors (Lipinski definition) is 2. The van der Waals surface area contributed by atoms with Crippen molar-refractivity contribution in [3.8, 4) is 0 Å². The van der Waals surface area contributed by atoms with Gasteiger partial charge in [-0.3, -0.25) is 4.31 Å². The van der Waals surface area contributed by atoms with Gasteiger partial charge in [0.2, 0.25) is 0 Å². The van der Waals surface area contributed by atoms with Crippen LogP contribution >= 0.6 is 11.6 Å². The third kappa shape index (κ3) is 4.05. The van der Waals surface area contributed by atoms with Crippen LogP contribution < -0.4 is 4.31 Å². The van der Waals surface area contributed by atoms with Crippen molar-refractivity contribution in [2.75, 3.05) is 4.31 Å². The van der Waals surface area contributed by atoms with Crippen molar-refractivity contribution in [2.24, 2.45) is 0 Å². The molecule has 0 saturated carbocycles. The lowest BCUT2D eigenvalue weighted by atomic mass is 10.1. The average molecular weight is 418 g/mol. The Kier molecular flexibility index (Phi) is 5.77. The van der Waals surface area contributed by atoms with Gasteiger partial charge in [0.25, 0.3) is 10.0 Å². The van der Waals surface area contributed by atoms with Gasteiger partial charge in [0.15, 0.2) is 0 Å². The highest BCUT2D eigenvalue weighted by Crippen LogP contribution is 2.34. The molecular weight excluding hydrogens is 397 g/mol. The largest absolute Gasteiger partial charge is 0.264 e. The highest BCUT2D eigenvalue weighted by molar-refractivity contribution is 7.92. The normalized spacial score (nSPS) is 12.6. The maximum absolute atomic E-state index is 13.6. The summed E-state index contributed by atoms with van der Waals surface area (Å²) in [6.45, 7) is 5.71. The van der Waals surface area contributed by atoms with Crippen LogP contribution in [0.2, 0.25) is 5.02 Å². The number of hydrogen-bond donors (Lipinski definition) is 0. The number of aryl methyl sites for hydroxylation is 2. The SMILES string of the molecule is Cc1ccc(C(C)N(c2cccc(C)c2)S(=O)(=O)c2ccc(F)c(Cl)c2)cc1. The van der Waals surface area contributed by atoms with Gasteiger partial charge in [0.1, 0.15) is 5.82 Å². The van der Waals surface area contributed by atoms with Gasteiger partial charge in [0.05, 0.1) is 21.6 Å². The Hall–Kier alpha value is -2.37. The Morgan fingerprint density at radius 3 is 2.21 bits per heavy atom. The van der Waals surface area contributed by atoms with Crippen molar-refractivity contribution in [3.63, 3.8) is 0 Å². The van der Waals surface area contributed by atoms with Crippen LogP contribution in [0, 0.1) is 19.7 Å². The number of rotatable bonds is 5. The fourth-order valence-electron chi connectivity index (χ4n) is 3.07. The maximum atomic E-state index is 13.6. The molecule has 0 saturated heterocycles. The third-order valence-corrected chi connectivity index (χ3v) is 6.80. The van der Waals surface area contributed by atoms with Crippen molar-refractivity contribution in [2.45, 2.75) is 31.7 Å². The quantitative estimate of drug-likeness (QED) is 0.506. The van der Waals surface area contributed by atoms with Gasteiger partial charge in [-0.1, -0.05) is 53.6 Å². The summed E-state index contributed by atoms with van der Waals surface area (Å²) in [5.41, 5.74) is 3.41. The van der Waals surface area contributed by atoms with Crippen LogP contribution in [0.3, 0.4) is 0 Å². The first-order valence-corrected chi connectivity index (χ1v) is 10.6. The van der Waals surface area contributed by atoms with E-state index in [0.29, 0.717) is 5.69 Å². The molecule has 0 aromatic heterocycles. The number of nitrogens with zero attached hydrogens (tertiary/aromatic N) is 1. The molecule has 0 aliphatic carbocycles. The second kappa shape index (κ2) is 7.94. The predicted molar refractivity (Wildman–Crippen MR) is 112 cm³/mol. The first kappa shape index (κ1) is 20.4. The van der Waals surface area contributed by atoms with E-state index in [-0.39, 0.29) is 9.92 Å². The smallest absolute Gasteiger partial charge is 0.259 e. The molecule has 0 radical (unpaired) electrons. The molecule has 3 aromatic carbocycles. The minimum atomic E-state index is -3.99. The van der Waals surface area contributed by atoms with E-state index in [9.17, 15) is 12.8 Å². The van der Waals surface area contributed by atoms with Crippen LogP contribution in [0.4, 0.5) is 10.1 Å². The average Bonchev–Trinajstić information content (AvgIpc) is 2.64. The third-order valence-electron chi connectivity index (χ3n) is 4.62. The zero-order valence-corrected chi connectivity index (χ0v) is 17.4. The molecule has 3 nitrogen and oxygen atoms in total. The van der Waals surface area contributed by atoms with Gasteiger partial charge >= 0.3 is 0 Å². The molecule has 0 bridgehead atoms. The van der Waals surface area contributed by atoms with Crippen LogP contribution in [-0.2, 0) is 10.0 Å². The Bertz CT molecular complexity index is 1100. The summed E-state index contributed by atoms with van der Waals surface area (Å²) in [6.07, 6.45) is 0. The van der Waals surface area contributed by atoms with Gasteiger partial charge in [0, 0.05) is 0 Å². The maximum Gasteiger partial charge on any atom is 0.264 e. The summed E-state index contributed by atoms with van der Waals surface area (Å²) in [7, 11) is -3.99. The monoisotopic (exact) mass is 417 g/mol. The molecular formula is C22H21ClFNO2S. The van der Waals surface area contributed by atoms with Crippen LogP contribution in [0.5, 0.6) is 0 Å². The molecule has 0 N–H and O–H groups in total. The molecule has 146 valence electrons. The molecule has 1 atom stereocenters. The van der Waals surface area contributed by atoms with Crippen molar-refractivity contribution < 1.29 is 12.8 Å². The second-order valence-corrected chi connectivity index (χ2v) is 9.02. The van der Waals surface area contributed by atoms with E-state index in [1.165, 1.54) is 10.4 Å². The van der Waals surface area contributed by atoms with Crippen LogP contribution in [0.25, 0.3) is 0 Å². The van der Waals surface area contributed by atoms with E-state index in [1.54, 1.807) is 6.07 Å². The summed E-state index contributed by atoms with van der Waals surface area (Å²) in [5, 5.41) is -0.228. The first-order chi connectivity index (χ1) is 13.2.